The van der Waals surface area contributed by atoms with E-state index in [-0.39, 0.29) is 0 Å². The van der Waals surface area contributed by atoms with E-state index < -0.39 is 0 Å². The Morgan fingerprint density at radius 1 is 0.964 bits per heavy atom. The number of hydrogen-bond donors (Lipinski definition) is 1. The lowest BCUT2D eigenvalue weighted by Crippen LogP contribution is -2.47. The number of rotatable bonds is 5. The SMILES string of the molecule is COc1ccc(Nc2cc(N3CCN(c4ncccn4)CC3)ncn2)cc1Cl. The summed E-state index contributed by atoms with van der Waals surface area (Å²) in [6, 6.07) is 9.28. The van der Waals surface area contributed by atoms with Crippen molar-refractivity contribution in [1.82, 2.24) is 19.9 Å². The molecule has 9 heteroatoms. The van der Waals surface area contributed by atoms with Gasteiger partial charge in [0.05, 0.1) is 12.1 Å². The highest BCUT2D eigenvalue weighted by molar-refractivity contribution is 6.32. The average Bonchev–Trinajstić information content (AvgIpc) is 2.75. The van der Waals surface area contributed by atoms with Gasteiger partial charge >= 0.3 is 0 Å². The van der Waals surface area contributed by atoms with Crippen molar-refractivity contribution in [3.63, 3.8) is 0 Å². The van der Waals surface area contributed by atoms with Crippen molar-refractivity contribution in [2.24, 2.45) is 0 Å². The van der Waals surface area contributed by atoms with Crippen LogP contribution >= 0.6 is 11.6 Å². The first-order valence-corrected chi connectivity index (χ1v) is 9.30. The number of nitrogens with zero attached hydrogens (tertiary/aromatic N) is 6. The summed E-state index contributed by atoms with van der Waals surface area (Å²) >= 11 is 6.19. The maximum absolute atomic E-state index is 6.19. The van der Waals surface area contributed by atoms with Gasteiger partial charge in [0.25, 0.3) is 0 Å². The van der Waals surface area contributed by atoms with Crippen LogP contribution in [0.4, 0.5) is 23.3 Å². The molecule has 0 saturated carbocycles. The first-order chi connectivity index (χ1) is 13.7. The molecule has 0 bridgehead atoms. The van der Waals surface area contributed by atoms with E-state index in [1.807, 2.05) is 24.3 Å². The van der Waals surface area contributed by atoms with Gasteiger partial charge in [-0.2, -0.15) is 0 Å². The molecule has 0 radical (unpaired) electrons. The summed E-state index contributed by atoms with van der Waals surface area (Å²) in [5.74, 6) is 2.99. The molecule has 1 aromatic carbocycles. The molecule has 0 unspecified atom stereocenters. The lowest BCUT2D eigenvalue weighted by molar-refractivity contribution is 0.415. The van der Waals surface area contributed by atoms with Gasteiger partial charge in [-0.15, -0.1) is 0 Å². The van der Waals surface area contributed by atoms with Crippen LogP contribution in [-0.2, 0) is 0 Å². The van der Waals surface area contributed by atoms with Gasteiger partial charge < -0.3 is 19.9 Å². The van der Waals surface area contributed by atoms with E-state index in [2.05, 4.69) is 35.1 Å². The fourth-order valence-electron chi connectivity index (χ4n) is 3.07. The molecule has 3 heterocycles. The summed E-state index contributed by atoms with van der Waals surface area (Å²) in [5.41, 5.74) is 0.835. The minimum absolute atomic E-state index is 0.543. The summed E-state index contributed by atoms with van der Waals surface area (Å²) in [7, 11) is 1.59. The molecule has 2 aromatic heterocycles. The molecule has 0 atom stereocenters. The number of nitrogens with one attached hydrogen (secondary N) is 1. The summed E-state index contributed by atoms with van der Waals surface area (Å²) < 4.78 is 5.18. The lowest BCUT2D eigenvalue weighted by Gasteiger charge is -2.35. The Labute approximate surface area is 168 Å². The number of halogens is 1. The highest BCUT2D eigenvalue weighted by Gasteiger charge is 2.20. The fourth-order valence-corrected chi connectivity index (χ4v) is 3.33. The maximum atomic E-state index is 6.19. The first kappa shape index (κ1) is 18.2. The van der Waals surface area contributed by atoms with E-state index in [4.69, 9.17) is 16.3 Å². The van der Waals surface area contributed by atoms with E-state index in [9.17, 15) is 0 Å². The van der Waals surface area contributed by atoms with Crippen molar-refractivity contribution in [2.75, 3.05) is 48.4 Å². The molecule has 0 spiro atoms. The van der Waals surface area contributed by atoms with Crippen LogP contribution in [-0.4, -0.2) is 53.2 Å². The standard InChI is InChI=1S/C19H20ClN7O/c1-28-16-4-3-14(11-15(16)20)25-17-12-18(24-13-23-17)26-7-9-27(10-8-26)19-21-5-2-6-22-19/h2-6,11-13H,7-10H2,1H3,(H,23,24,25). The predicted octanol–water partition coefficient (Wildman–Crippen LogP) is 3.00. The Bertz CT molecular complexity index is 933. The zero-order valence-corrected chi connectivity index (χ0v) is 16.2. The second-order valence-electron chi connectivity index (χ2n) is 6.26. The molecule has 0 aliphatic carbocycles. The second kappa shape index (κ2) is 8.26. The van der Waals surface area contributed by atoms with Crippen molar-refractivity contribution in [2.45, 2.75) is 0 Å². The third kappa shape index (κ3) is 4.07. The number of benzene rings is 1. The van der Waals surface area contributed by atoms with Crippen molar-refractivity contribution in [3.05, 3.63) is 54.1 Å². The number of methoxy groups -OCH3 is 1. The monoisotopic (exact) mass is 397 g/mol. The predicted molar refractivity (Wildman–Crippen MR) is 110 cm³/mol. The molecular formula is C19H20ClN7O. The molecule has 3 aromatic rings. The first-order valence-electron chi connectivity index (χ1n) is 8.92. The lowest BCUT2D eigenvalue weighted by atomic mass is 10.3. The summed E-state index contributed by atoms with van der Waals surface area (Å²) in [6.07, 6.45) is 5.10. The van der Waals surface area contributed by atoms with E-state index in [0.29, 0.717) is 16.6 Å². The maximum Gasteiger partial charge on any atom is 0.225 e. The molecule has 8 nitrogen and oxygen atoms in total. The Hall–Kier alpha value is -3.13. The van der Waals surface area contributed by atoms with Gasteiger partial charge in [-0.05, 0) is 24.3 Å². The van der Waals surface area contributed by atoms with Crippen LogP contribution in [0.1, 0.15) is 0 Å². The number of hydrogen-bond acceptors (Lipinski definition) is 8. The Morgan fingerprint density at radius 3 is 2.43 bits per heavy atom. The van der Waals surface area contributed by atoms with E-state index >= 15 is 0 Å². The highest BCUT2D eigenvalue weighted by Crippen LogP contribution is 2.29. The number of piperazine rings is 1. The highest BCUT2D eigenvalue weighted by atomic mass is 35.5. The van der Waals surface area contributed by atoms with Crippen LogP contribution in [0.25, 0.3) is 0 Å². The van der Waals surface area contributed by atoms with Crippen LogP contribution in [0.15, 0.2) is 49.1 Å². The molecule has 1 N–H and O–H groups in total. The normalized spacial score (nSPS) is 14.1. The zero-order valence-electron chi connectivity index (χ0n) is 15.4. The Kier molecular flexibility index (Phi) is 5.38. The Balaban J connectivity index is 1.42. The molecule has 0 amide bonds. The van der Waals surface area contributed by atoms with Gasteiger partial charge in [0, 0.05) is 50.3 Å². The van der Waals surface area contributed by atoms with E-state index in [1.54, 1.807) is 31.9 Å². The van der Waals surface area contributed by atoms with Gasteiger partial charge in [-0.25, -0.2) is 19.9 Å². The third-order valence-corrected chi connectivity index (χ3v) is 4.81. The van der Waals surface area contributed by atoms with Crippen molar-refractivity contribution in [3.8, 4) is 5.75 Å². The summed E-state index contributed by atoms with van der Waals surface area (Å²) in [6.45, 7) is 3.35. The number of ether oxygens (including phenoxy) is 1. The number of aromatic nitrogens is 4. The molecule has 1 aliphatic heterocycles. The number of anilines is 4. The van der Waals surface area contributed by atoms with Crippen molar-refractivity contribution in [1.29, 1.82) is 0 Å². The van der Waals surface area contributed by atoms with E-state index in [0.717, 1.165) is 43.6 Å². The fraction of sp³-hybridized carbons (Fsp3) is 0.263. The van der Waals surface area contributed by atoms with Gasteiger partial charge in [0.1, 0.15) is 23.7 Å². The van der Waals surface area contributed by atoms with Crippen LogP contribution in [0, 0.1) is 0 Å². The minimum atomic E-state index is 0.543. The zero-order chi connectivity index (χ0) is 19.3. The topological polar surface area (TPSA) is 79.3 Å². The molecule has 1 fully saturated rings. The molecule has 144 valence electrons. The minimum Gasteiger partial charge on any atom is -0.495 e. The van der Waals surface area contributed by atoms with Gasteiger partial charge in [0.2, 0.25) is 5.95 Å². The third-order valence-electron chi connectivity index (χ3n) is 4.52. The van der Waals surface area contributed by atoms with Gasteiger partial charge in [-0.1, -0.05) is 11.6 Å². The van der Waals surface area contributed by atoms with Crippen molar-refractivity contribution < 1.29 is 4.74 Å². The largest absolute Gasteiger partial charge is 0.495 e. The second-order valence-corrected chi connectivity index (χ2v) is 6.67. The van der Waals surface area contributed by atoms with Gasteiger partial charge in [-0.3, -0.25) is 0 Å². The van der Waals surface area contributed by atoms with E-state index in [1.165, 1.54) is 0 Å². The van der Waals surface area contributed by atoms with Crippen LogP contribution in [0.2, 0.25) is 5.02 Å². The molecule has 28 heavy (non-hydrogen) atoms. The van der Waals surface area contributed by atoms with Gasteiger partial charge in [0.15, 0.2) is 0 Å². The smallest absolute Gasteiger partial charge is 0.225 e. The molecule has 4 rings (SSSR count). The summed E-state index contributed by atoms with van der Waals surface area (Å²) in [5, 5.41) is 3.80. The Morgan fingerprint density at radius 2 is 1.71 bits per heavy atom. The van der Waals surface area contributed by atoms with Crippen molar-refractivity contribution >= 4 is 34.9 Å². The van der Waals surface area contributed by atoms with Crippen LogP contribution < -0.4 is 19.9 Å². The van der Waals surface area contributed by atoms with Crippen LogP contribution in [0.3, 0.4) is 0 Å². The average molecular weight is 398 g/mol. The van der Waals surface area contributed by atoms with Crippen LogP contribution in [0.5, 0.6) is 5.75 Å². The molecule has 1 saturated heterocycles. The quantitative estimate of drug-likeness (QED) is 0.703. The molecule has 1 aliphatic rings. The summed E-state index contributed by atoms with van der Waals surface area (Å²) in [4.78, 5) is 21.8. The molecular weight excluding hydrogens is 378 g/mol.